The number of para-hydroxylation sites is 1. The molecule has 0 bridgehead atoms. The van der Waals surface area contributed by atoms with Crippen LogP contribution < -0.4 is 5.32 Å². The molecule has 0 radical (unpaired) electrons. The summed E-state index contributed by atoms with van der Waals surface area (Å²) in [5.74, 6) is -0.928. The summed E-state index contributed by atoms with van der Waals surface area (Å²) in [7, 11) is 0. The van der Waals surface area contributed by atoms with Gasteiger partial charge >= 0.3 is 5.97 Å². The number of fused-ring (bicyclic) bond motifs is 1. The summed E-state index contributed by atoms with van der Waals surface area (Å²) in [5.41, 5.74) is 2.31. The molecule has 0 aliphatic carbocycles. The van der Waals surface area contributed by atoms with E-state index in [0.717, 1.165) is 16.5 Å². The molecule has 1 heterocycles. The monoisotopic (exact) mass is 340 g/mol. The molecule has 3 aromatic rings. The second kappa shape index (κ2) is 7.27. The molecule has 5 N–H and O–H groups in total. The number of aliphatic carboxylic acids is 1. The Labute approximate surface area is 144 Å². The maximum atomic E-state index is 11.6. The average Bonchev–Trinajstić information content (AvgIpc) is 2.99. The van der Waals surface area contributed by atoms with E-state index in [1.807, 2.05) is 30.5 Å². The minimum absolute atomic E-state index is 0.00491. The molecule has 0 saturated heterocycles. The second-order valence-electron chi connectivity index (χ2n) is 5.93. The normalized spacial score (nSPS) is 12.3. The van der Waals surface area contributed by atoms with E-state index >= 15 is 0 Å². The van der Waals surface area contributed by atoms with Crippen molar-refractivity contribution in [1.29, 1.82) is 0 Å². The van der Waals surface area contributed by atoms with Crippen molar-refractivity contribution in [2.45, 2.75) is 18.9 Å². The Bertz CT molecular complexity index is 868. The molecule has 6 nitrogen and oxygen atoms in total. The highest BCUT2D eigenvalue weighted by Gasteiger charge is 2.19. The van der Waals surface area contributed by atoms with Gasteiger partial charge in [0.2, 0.25) is 0 Å². The fourth-order valence-electron chi connectivity index (χ4n) is 2.96. The number of aromatic nitrogens is 1. The van der Waals surface area contributed by atoms with Crippen molar-refractivity contribution in [3.05, 3.63) is 59.8 Å². The molecule has 6 heteroatoms. The molecule has 0 aliphatic rings. The molecule has 0 fully saturated rings. The maximum absolute atomic E-state index is 11.6. The van der Waals surface area contributed by atoms with Gasteiger partial charge in [-0.15, -0.1) is 0 Å². The van der Waals surface area contributed by atoms with Crippen molar-refractivity contribution in [1.82, 2.24) is 10.3 Å². The van der Waals surface area contributed by atoms with Crippen LogP contribution in [0.3, 0.4) is 0 Å². The van der Waals surface area contributed by atoms with Gasteiger partial charge in [0, 0.05) is 35.6 Å². The third kappa shape index (κ3) is 3.75. The Kier molecular flexibility index (Phi) is 4.90. The van der Waals surface area contributed by atoms with Crippen molar-refractivity contribution in [3.63, 3.8) is 0 Å². The fourth-order valence-corrected chi connectivity index (χ4v) is 2.96. The number of carbonyl (C=O) groups is 1. The SMILES string of the molecule is O=C(O)[C@H](Cc1c[nH]c2ccccc12)NCCc1c(O)cccc1O. The molecule has 25 heavy (non-hydrogen) atoms. The second-order valence-corrected chi connectivity index (χ2v) is 5.93. The number of carboxylic acids is 1. The average molecular weight is 340 g/mol. The summed E-state index contributed by atoms with van der Waals surface area (Å²) in [4.78, 5) is 14.7. The van der Waals surface area contributed by atoms with Gasteiger partial charge < -0.3 is 25.6 Å². The van der Waals surface area contributed by atoms with Crippen LogP contribution in [0.2, 0.25) is 0 Å². The van der Waals surface area contributed by atoms with Gasteiger partial charge in [-0.25, -0.2) is 0 Å². The van der Waals surface area contributed by atoms with Crippen LogP contribution in [0.1, 0.15) is 11.1 Å². The van der Waals surface area contributed by atoms with E-state index in [1.54, 1.807) is 6.07 Å². The predicted octanol–water partition coefficient (Wildman–Crippen LogP) is 2.41. The number of phenolic OH excluding ortho intramolecular Hbond substituents is 2. The van der Waals surface area contributed by atoms with Crippen molar-refractivity contribution < 1.29 is 20.1 Å². The highest BCUT2D eigenvalue weighted by molar-refractivity contribution is 5.84. The highest BCUT2D eigenvalue weighted by atomic mass is 16.4. The van der Waals surface area contributed by atoms with Crippen LogP contribution in [-0.2, 0) is 17.6 Å². The lowest BCUT2D eigenvalue weighted by molar-refractivity contribution is -0.139. The lowest BCUT2D eigenvalue weighted by atomic mass is 10.0. The minimum atomic E-state index is -0.938. The predicted molar refractivity (Wildman–Crippen MR) is 94.9 cm³/mol. The van der Waals surface area contributed by atoms with Crippen LogP contribution in [0.5, 0.6) is 11.5 Å². The number of aromatic hydroxyl groups is 2. The molecule has 0 unspecified atom stereocenters. The minimum Gasteiger partial charge on any atom is -0.508 e. The van der Waals surface area contributed by atoms with Crippen molar-refractivity contribution in [2.24, 2.45) is 0 Å². The van der Waals surface area contributed by atoms with Gasteiger partial charge in [-0.2, -0.15) is 0 Å². The molecule has 0 amide bonds. The molecule has 130 valence electrons. The molecule has 0 aliphatic heterocycles. The smallest absolute Gasteiger partial charge is 0.321 e. The number of hydrogen-bond acceptors (Lipinski definition) is 4. The number of phenols is 2. The number of hydrogen-bond donors (Lipinski definition) is 5. The molecule has 0 saturated carbocycles. The summed E-state index contributed by atoms with van der Waals surface area (Å²) < 4.78 is 0. The Balaban J connectivity index is 1.67. The lowest BCUT2D eigenvalue weighted by Crippen LogP contribution is -2.39. The Morgan fingerprint density at radius 3 is 2.52 bits per heavy atom. The van der Waals surface area contributed by atoms with Crippen molar-refractivity contribution in [3.8, 4) is 11.5 Å². The van der Waals surface area contributed by atoms with Gasteiger partial charge in [0.25, 0.3) is 0 Å². The summed E-state index contributed by atoms with van der Waals surface area (Å²) in [6, 6.07) is 11.5. The highest BCUT2D eigenvalue weighted by Crippen LogP contribution is 2.26. The van der Waals surface area contributed by atoms with E-state index in [0.29, 0.717) is 24.9 Å². The van der Waals surface area contributed by atoms with E-state index in [1.165, 1.54) is 12.1 Å². The zero-order valence-electron chi connectivity index (χ0n) is 13.6. The molecule has 0 spiro atoms. The quantitative estimate of drug-likeness (QED) is 0.454. The molecular formula is C19H20N2O4. The first-order chi connectivity index (χ1) is 12.1. The number of rotatable bonds is 7. The summed E-state index contributed by atoms with van der Waals surface area (Å²) in [5, 5.41) is 33.0. The Hall–Kier alpha value is -2.99. The van der Waals surface area contributed by atoms with E-state index < -0.39 is 12.0 Å². The number of benzene rings is 2. The van der Waals surface area contributed by atoms with Crippen LogP contribution in [0.15, 0.2) is 48.7 Å². The van der Waals surface area contributed by atoms with Crippen LogP contribution in [0, 0.1) is 0 Å². The standard InChI is InChI=1S/C19H20N2O4/c22-17-6-3-7-18(23)14(17)8-9-20-16(19(24)25)10-12-11-21-15-5-2-1-4-13(12)15/h1-7,11,16,20-23H,8-10H2,(H,24,25)/t16-/m0/s1. The van der Waals surface area contributed by atoms with Crippen LogP contribution >= 0.6 is 0 Å². The summed E-state index contributed by atoms with van der Waals surface area (Å²) in [6.07, 6.45) is 2.50. The topological polar surface area (TPSA) is 106 Å². The first kappa shape index (κ1) is 16.9. The fraction of sp³-hybridized carbons (Fsp3) is 0.211. The third-order valence-electron chi connectivity index (χ3n) is 4.29. The zero-order chi connectivity index (χ0) is 17.8. The number of H-pyrrole nitrogens is 1. The number of nitrogens with one attached hydrogen (secondary N) is 2. The first-order valence-corrected chi connectivity index (χ1v) is 8.07. The van der Waals surface area contributed by atoms with E-state index in [4.69, 9.17) is 0 Å². The van der Waals surface area contributed by atoms with Gasteiger partial charge in [-0.05, 0) is 30.2 Å². The van der Waals surface area contributed by atoms with Gasteiger partial charge in [-0.3, -0.25) is 4.79 Å². The summed E-state index contributed by atoms with van der Waals surface area (Å²) in [6.45, 7) is 0.324. The molecule has 1 aromatic heterocycles. The van der Waals surface area contributed by atoms with Gasteiger partial charge in [0.05, 0.1) is 0 Å². The third-order valence-corrected chi connectivity index (χ3v) is 4.29. The summed E-state index contributed by atoms with van der Waals surface area (Å²) >= 11 is 0. The van der Waals surface area contributed by atoms with Crippen molar-refractivity contribution >= 4 is 16.9 Å². The molecule has 3 rings (SSSR count). The van der Waals surface area contributed by atoms with E-state index in [9.17, 15) is 20.1 Å². The largest absolute Gasteiger partial charge is 0.508 e. The lowest BCUT2D eigenvalue weighted by Gasteiger charge is -2.15. The molecular weight excluding hydrogens is 320 g/mol. The number of aromatic amines is 1. The van der Waals surface area contributed by atoms with Crippen molar-refractivity contribution in [2.75, 3.05) is 6.54 Å². The maximum Gasteiger partial charge on any atom is 0.321 e. The molecule has 2 aromatic carbocycles. The van der Waals surface area contributed by atoms with Crippen LogP contribution in [-0.4, -0.2) is 38.9 Å². The van der Waals surface area contributed by atoms with E-state index in [-0.39, 0.29) is 11.5 Å². The molecule has 1 atom stereocenters. The van der Waals surface area contributed by atoms with Crippen LogP contribution in [0.4, 0.5) is 0 Å². The van der Waals surface area contributed by atoms with Crippen LogP contribution in [0.25, 0.3) is 10.9 Å². The Morgan fingerprint density at radius 2 is 1.80 bits per heavy atom. The van der Waals surface area contributed by atoms with Gasteiger partial charge in [0.1, 0.15) is 17.5 Å². The zero-order valence-corrected chi connectivity index (χ0v) is 13.6. The van der Waals surface area contributed by atoms with Gasteiger partial charge in [0.15, 0.2) is 0 Å². The number of carboxylic acid groups (broad SMARTS) is 1. The van der Waals surface area contributed by atoms with E-state index in [2.05, 4.69) is 10.3 Å². The van der Waals surface area contributed by atoms with Gasteiger partial charge in [-0.1, -0.05) is 24.3 Å². The first-order valence-electron chi connectivity index (χ1n) is 8.07. The Morgan fingerprint density at radius 1 is 1.08 bits per heavy atom.